The summed E-state index contributed by atoms with van der Waals surface area (Å²) >= 11 is 1.54. The number of aryl methyl sites for hydroxylation is 1. The SMILES string of the molecule is Cc1ccc(-c2nnc([C@@H]3CCCN(S(=O)(=O)c4ccc(F)c(F)c4)C3)o2)s1. The zero-order chi connectivity index (χ0) is 19.9. The van der Waals surface area contributed by atoms with E-state index in [2.05, 4.69) is 10.2 Å². The first-order valence-electron chi connectivity index (χ1n) is 8.70. The summed E-state index contributed by atoms with van der Waals surface area (Å²) in [6, 6.07) is 6.45. The number of benzene rings is 1. The number of nitrogens with zero attached hydrogens (tertiary/aromatic N) is 3. The highest BCUT2D eigenvalue weighted by Gasteiger charge is 2.33. The lowest BCUT2D eigenvalue weighted by Gasteiger charge is -2.30. The number of aromatic nitrogens is 2. The van der Waals surface area contributed by atoms with Crippen LogP contribution in [0.5, 0.6) is 0 Å². The van der Waals surface area contributed by atoms with Crippen molar-refractivity contribution in [2.75, 3.05) is 13.1 Å². The molecule has 28 heavy (non-hydrogen) atoms. The minimum absolute atomic E-state index is 0.145. The van der Waals surface area contributed by atoms with Crippen LogP contribution in [-0.2, 0) is 10.0 Å². The summed E-state index contributed by atoms with van der Waals surface area (Å²) in [4.78, 5) is 1.71. The summed E-state index contributed by atoms with van der Waals surface area (Å²) in [5, 5.41) is 8.18. The molecule has 0 amide bonds. The molecule has 148 valence electrons. The number of thiophene rings is 1. The minimum atomic E-state index is -3.95. The predicted octanol–water partition coefficient (Wildman–Crippen LogP) is 3.95. The highest BCUT2D eigenvalue weighted by Crippen LogP contribution is 2.33. The van der Waals surface area contributed by atoms with Gasteiger partial charge in [-0.05, 0) is 50.1 Å². The molecule has 3 aromatic rings. The monoisotopic (exact) mass is 425 g/mol. The van der Waals surface area contributed by atoms with Crippen LogP contribution in [0.4, 0.5) is 8.78 Å². The Morgan fingerprint density at radius 2 is 2.00 bits per heavy atom. The van der Waals surface area contributed by atoms with Crippen LogP contribution in [0.25, 0.3) is 10.8 Å². The van der Waals surface area contributed by atoms with Gasteiger partial charge in [-0.25, -0.2) is 17.2 Å². The van der Waals surface area contributed by atoms with Gasteiger partial charge < -0.3 is 4.42 Å². The summed E-state index contributed by atoms with van der Waals surface area (Å²) in [7, 11) is -3.95. The van der Waals surface area contributed by atoms with E-state index in [-0.39, 0.29) is 17.4 Å². The van der Waals surface area contributed by atoms with Gasteiger partial charge in [-0.1, -0.05) is 0 Å². The molecule has 10 heteroatoms. The fraction of sp³-hybridized carbons (Fsp3) is 0.333. The molecule has 1 saturated heterocycles. The van der Waals surface area contributed by atoms with Crippen LogP contribution in [0.1, 0.15) is 29.5 Å². The molecule has 0 radical (unpaired) electrons. The van der Waals surface area contributed by atoms with Crippen molar-refractivity contribution in [3.8, 4) is 10.8 Å². The van der Waals surface area contributed by atoms with Crippen molar-refractivity contribution in [1.29, 1.82) is 0 Å². The zero-order valence-electron chi connectivity index (χ0n) is 14.9. The molecule has 1 aliphatic heterocycles. The highest BCUT2D eigenvalue weighted by atomic mass is 32.2. The average Bonchev–Trinajstić information content (AvgIpc) is 3.33. The number of rotatable bonds is 4. The van der Waals surface area contributed by atoms with Gasteiger partial charge in [0.05, 0.1) is 15.7 Å². The van der Waals surface area contributed by atoms with E-state index in [9.17, 15) is 17.2 Å². The van der Waals surface area contributed by atoms with Crippen molar-refractivity contribution in [1.82, 2.24) is 14.5 Å². The van der Waals surface area contributed by atoms with Gasteiger partial charge in [-0.3, -0.25) is 0 Å². The van der Waals surface area contributed by atoms with Crippen LogP contribution in [0.15, 0.2) is 39.6 Å². The third kappa shape index (κ3) is 3.59. The molecule has 1 fully saturated rings. The Bertz CT molecular complexity index is 1110. The van der Waals surface area contributed by atoms with Crippen molar-refractivity contribution < 1.29 is 21.6 Å². The van der Waals surface area contributed by atoms with Crippen LogP contribution in [0.3, 0.4) is 0 Å². The third-order valence-corrected chi connectivity index (χ3v) is 7.50. The van der Waals surface area contributed by atoms with Crippen LogP contribution in [0, 0.1) is 18.6 Å². The van der Waals surface area contributed by atoms with Crippen LogP contribution in [-0.4, -0.2) is 36.0 Å². The Labute approximate surface area is 164 Å². The van der Waals surface area contributed by atoms with E-state index < -0.39 is 21.7 Å². The van der Waals surface area contributed by atoms with Crippen molar-refractivity contribution in [2.45, 2.75) is 30.6 Å². The quantitative estimate of drug-likeness (QED) is 0.633. The lowest BCUT2D eigenvalue weighted by Crippen LogP contribution is -2.39. The van der Waals surface area contributed by atoms with E-state index in [0.717, 1.165) is 21.9 Å². The molecule has 1 aromatic carbocycles. The van der Waals surface area contributed by atoms with Crippen LogP contribution in [0.2, 0.25) is 0 Å². The van der Waals surface area contributed by atoms with Crippen LogP contribution < -0.4 is 0 Å². The molecule has 0 spiro atoms. The number of sulfonamides is 1. The van der Waals surface area contributed by atoms with Gasteiger partial charge in [-0.15, -0.1) is 21.5 Å². The first kappa shape index (κ1) is 19.2. The molecule has 0 N–H and O–H groups in total. The summed E-state index contributed by atoms with van der Waals surface area (Å²) in [5.41, 5.74) is 0. The fourth-order valence-electron chi connectivity index (χ4n) is 3.20. The minimum Gasteiger partial charge on any atom is -0.420 e. The normalized spacial score (nSPS) is 18.5. The second-order valence-corrected chi connectivity index (χ2v) is 9.86. The summed E-state index contributed by atoms with van der Waals surface area (Å²) in [5.74, 6) is -1.74. The van der Waals surface area contributed by atoms with E-state index in [4.69, 9.17) is 4.42 Å². The Morgan fingerprint density at radius 3 is 2.71 bits per heavy atom. The molecule has 0 saturated carbocycles. The van der Waals surface area contributed by atoms with Gasteiger partial charge >= 0.3 is 0 Å². The number of hydrogen-bond acceptors (Lipinski definition) is 6. The molecular formula is C18H17F2N3O3S2. The second-order valence-electron chi connectivity index (χ2n) is 6.63. The van der Waals surface area contributed by atoms with E-state index in [1.807, 2.05) is 19.1 Å². The Kier molecular flexibility index (Phi) is 5.02. The van der Waals surface area contributed by atoms with E-state index in [0.29, 0.717) is 37.2 Å². The van der Waals surface area contributed by atoms with Gasteiger partial charge in [-0.2, -0.15) is 4.31 Å². The molecule has 1 atom stereocenters. The molecule has 1 aliphatic rings. The van der Waals surface area contributed by atoms with E-state index in [1.165, 1.54) is 15.6 Å². The molecule has 4 rings (SSSR count). The van der Waals surface area contributed by atoms with Crippen molar-refractivity contribution in [3.63, 3.8) is 0 Å². The molecule has 0 unspecified atom stereocenters. The maximum atomic E-state index is 13.5. The molecule has 0 aliphatic carbocycles. The summed E-state index contributed by atoms with van der Waals surface area (Å²) < 4.78 is 59.3. The first-order chi connectivity index (χ1) is 13.3. The smallest absolute Gasteiger partial charge is 0.257 e. The number of piperidine rings is 1. The largest absolute Gasteiger partial charge is 0.420 e. The Balaban J connectivity index is 1.56. The summed E-state index contributed by atoms with van der Waals surface area (Å²) in [6.07, 6.45) is 1.30. The van der Waals surface area contributed by atoms with Gasteiger partial charge in [0, 0.05) is 18.0 Å². The van der Waals surface area contributed by atoms with Gasteiger partial charge in [0.25, 0.3) is 5.89 Å². The zero-order valence-corrected chi connectivity index (χ0v) is 16.6. The molecule has 2 aromatic heterocycles. The summed E-state index contributed by atoms with van der Waals surface area (Å²) in [6.45, 7) is 2.42. The fourth-order valence-corrected chi connectivity index (χ4v) is 5.52. The lowest BCUT2D eigenvalue weighted by molar-refractivity contribution is 0.286. The van der Waals surface area contributed by atoms with Gasteiger partial charge in [0.2, 0.25) is 15.9 Å². The average molecular weight is 425 g/mol. The Hall–Kier alpha value is -2.17. The van der Waals surface area contributed by atoms with E-state index >= 15 is 0 Å². The lowest BCUT2D eigenvalue weighted by atomic mass is 10.00. The molecular weight excluding hydrogens is 408 g/mol. The van der Waals surface area contributed by atoms with Crippen molar-refractivity contribution in [2.24, 2.45) is 0 Å². The van der Waals surface area contributed by atoms with Gasteiger partial charge in [0.1, 0.15) is 0 Å². The maximum Gasteiger partial charge on any atom is 0.257 e. The number of hydrogen-bond donors (Lipinski definition) is 0. The van der Waals surface area contributed by atoms with E-state index in [1.54, 1.807) is 0 Å². The first-order valence-corrected chi connectivity index (χ1v) is 11.0. The highest BCUT2D eigenvalue weighted by molar-refractivity contribution is 7.89. The number of halogens is 2. The molecule has 6 nitrogen and oxygen atoms in total. The Morgan fingerprint density at radius 1 is 1.18 bits per heavy atom. The topological polar surface area (TPSA) is 76.3 Å². The van der Waals surface area contributed by atoms with Crippen molar-refractivity contribution >= 4 is 21.4 Å². The standard InChI is InChI=1S/C18H17F2N3O3S2/c1-11-4-7-16(27-11)18-22-21-17(26-18)12-3-2-8-23(10-12)28(24,25)13-5-6-14(19)15(20)9-13/h4-7,9,12H,2-3,8,10H2,1H3/t12-/m1/s1. The van der Waals surface area contributed by atoms with Gasteiger partial charge in [0.15, 0.2) is 11.6 Å². The van der Waals surface area contributed by atoms with Crippen molar-refractivity contribution in [3.05, 3.63) is 52.7 Å². The predicted molar refractivity (Wildman–Crippen MR) is 99.4 cm³/mol. The molecule has 3 heterocycles. The molecule has 0 bridgehead atoms. The van der Waals surface area contributed by atoms with Crippen LogP contribution >= 0.6 is 11.3 Å². The maximum absolute atomic E-state index is 13.5. The second kappa shape index (κ2) is 7.34. The third-order valence-electron chi connectivity index (χ3n) is 4.65.